The molecule has 0 bridgehead atoms. The van der Waals surface area contributed by atoms with Crippen LogP contribution in [0.2, 0.25) is 0 Å². The first-order chi connectivity index (χ1) is 10.0. The number of halogens is 1. The average molecular weight is 342 g/mol. The van der Waals surface area contributed by atoms with Gasteiger partial charge in [0, 0.05) is 5.69 Å². The fourth-order valence-corrected chi connectivity index (χ4v) is 3.30. The Morgan fingerprint density at radius 2 is 2.14 bits per heavy atom. The van der Waals surface area contributed by atoms with E-state index in [2.05, 4.69) is 10.2 Å². The number of aryl methyl sites for hydroxylation is 1. The highest BCUT2D eigenvalue weighted by Crippen LogP contribution is 2.26. The summed E-state index contributed by atoms with van der Waals surface area (Å²) in [5.74, 6) is -0.133. The van der Waals surface area contributed by atoms with E-state index in [1.54, 1.807) is 23.6 Å². The second kappa shape index (κ2) is 7.24. The number of anilines is 1. The van der Waals surface area contributed by atoms with E-state index in [1.807, 2.05) is 37.4 Å². The molecule has 1 amide bonds. The van der Waals surface area contributed by atoms with Crippen molar-refractivity contribution in [3.05, 3.63) is 34.8 Å². The molecule has 0 saturated heterocycles. The minimum atomic E-state index is -0.586. The normalized spacial score (nSPS) is 12.2. The van der Waals surface area contributed by atoms with E-state index >= 15 is 0 Å². The molecule has 0 aliphatic rings. The van der Waals surface area contributed by atoms with Crippen LogP contribution < -0.4 is 4.90 Å². The van der Waals surface area contributed by atoms with Gasteiger partial charge in [-0.25, -0.2) is 0 Å². The van der Waals surface area contributed by atoms with Gasteiger partial charge in [-0.1, -0.05) is 41.3 Å². The van der Waals surface area contributed by atoms with Crippen LogP contribution in [-0.2, 0) is 11.3 Å². The number of para-hydroxylation sites is 1. The van der Waals surface area contributed by atoms with Crippen LogP contribution in [0.5, 0.6) is 0 Å². The Hall–Kier alpha value is -1.11. The summed E-state index contributed by atoms with van der Waals surface area (Å²) >= 11 is 9.04. The fourth-order valence-electron chi connectivity index (χ4n) is 1.88. The molecule has 0 spiro atoms. The van der Waals surface area contributed by atoms with Gasteiger partial charge < -0.3 is 4.90 Å². The third-order valence-electron chi connectivity index (χ3n) is 2.93. The zero-order valence-corrected chi connectivity index (χ0v) is 14.4. The summed E-state index contributed by atoms with van der Waals surface area (Å²) in [6.07, 6.45) is 1.95. The Labute approximate surface area is 137 Å². The van der Waals surface area contributed by atoms with Crippen LogP contribution in [-0.4, -0.2) is 27.7 Å². The zero-order valence-electron chi connectivity index (χ0n) is 12.0. The Kier molecular flexibility index (Phi) is 5.61. The quantitative estimate of drug-likeness (QED) is 0.614. The summed E-state index contributed by atoms with van der Waals surface area (Å²) in [7, 11) is 0. The minimum absolute atomic E-state index is 0.133. The van der Waals surface area contributed by atoms with Crippen molar-refractivity contribution in [3.63, 3.8) is 0 Å². The van der Waals surface area contributed by atoms with E-state index in [-0.39, 0.29) is 5.91 Å². The SMILES string of the molecule is CSc1nnc(CN(C(=O)C(C)Cl)c2ccccc2C)s1. The van der Waals surface area contributed by atoms with Gasteiger partial charge in [0.1, 0.15) is 10.4 Å². The van der Waals surface area contributed by atoms with Crippen LogP contribution >= 0.6 is 34.7 Å². The fraction of sp³-hybridized carbons (Fsp3) is 0.357. The first-order valence-electron chi connectivity index (χ1n) is 6.40. The van der Waals surface area contributed by atoms with Gasteiger partial charge in [-0.15, -0.1) is 21.8 Å². The molecule has 1 aromatic carbocycles. The second-order valence-corrected chi connectivity index (χ2v) is 7.26. The molecule has 2 aromatic rings. The Balaban J connectivity index is 2.33. The maximum Gasteiger partial charge on any atom is 0.245 e. The van der Waals surface area contributed by atoms with Gasteiger partial charge in [0.15, 0.2) is 4.34 Å². The van der Waals surface area contributed by atoms with Crippen molar-refractivity contribution >= 4 is 46.3 Å². The smallest absolute Gasteiger partial charge is 0.245 e. The Morgan fingerprint density at radius 1 is 1.43 bits per heavy atom. The molecule has 1 atom stereocenters. The number of carbonyl (C=O) groups is 1. The maximum absolute atomic E-state index is 12.4. The lowest BCUT2D eigenvalue weighted by Gasteiger charge is -2.24. The van der Waals surface area contributed by atoms with Crippen molar-refractivity contribution in [2.75, 3.05) is 11.2 Å². The van der Waals surface area contributed by atoms with Crippen molar-refractivity contribution in [1.82, 2.24) is 10.2 Å². The van der Waals surface area contributed by atoms with Gasteiger partial charge >= 0.3 is 0 Å². The summed E-state index contributed by atoms with van der Waals surface area (Å²) in [6, 6.07) is 7.75. The molecular formula is C14H16ClN3OS2. The molecule has 1 aromatic heterocycles. The second-order valence-electron chi connectivity index (χ2n) is 4.49. The average Bonchev–Trinajstić information content (AvgIpc) is 2.92. The third-order valence-corrected chi connectivity index (χ3v) is 5.00. The molecule has 0 aliphatic heterocycles. The number of benzene rings is 1. The summed E-state index contributed by atoms with van der Waals surface area (Å²) < 4.78 is 0.890. The molecule has 0 N–H and O–H groups in total. The number of thioether (sulfide) groups is 1. The van der Waals surface area contributed by atoms with Gasteiger partial charge in [0.2, 0.25) is 5.91 Å². The van der Waals surface area contributed by atoms with Crippen LogP contribution in [0.4, 0.5) is 5.69 Å². The highest BCUT2D eigenvalue weighted by atomic mass is 35.5. The van der Waals surface area contributed by atoms with Gasteiger partial charge in [0.05, 0.1) is 6.54 Å². The third kappa shape index (κ3) is 3.96. The molecule has 2 rings (SSSR count). The molecule has 4 nitrogen and oxygen atoms in total. The monoisotopic (exact) mass is 341 g/mol. The molecule has 0 aliphatic carbocycles. The lowest BCUT2D eigenvalue weighted by atomic mass is 10.1. The van der Waals surface area contributed by atoms with E-state index in [4.69, 9.17) is 11.6 Å². The maximum atomic E-state index is 12.4. The molecule has 112 valence electrons. The molecule has 0 radical (unpaired) electrons. The molecule has 0 saturated carbocycles. The Morgan fingerprint density at radius 3 is 2.71 bits per heavy atom. The number of nitrogens with zero attached hydrogens (tertiary/aromatic N) is 3. The molecule has 1 heterocycles. The highest BCUT2D eigenvalue weighted by Gasteiger charge is 2.23. The topological polar surface area (TPSA) is 46.1 Å². The molecule has 21 heavy (non-hydrogen) atoms. The van der Waals surface area contributed by atoms with E-state index in [1.165, 1.54) is 11.3 Å². The van der Waals surface area contributed by atoms with Gasteiger partial charge in [-0.3, -0.25) is 4.79 Å². The van der Waals surface area contributed by atoms with Crippen molar-refractivity contribution in [2.24, 2.45) is 0 Å². The highest BCUT2D eigenvalue weighted by molar-refractivity contribution is 8.00. The van der Waals surface area contributed by atoms with Gasteiger partial charge in [-0.2, -0.15) is 0 Å². The summed E-state index contributed by atoms with van der Waals surface area (Å²) in [5.41, 5.74) is 1.88. The lowest BCUT2D eigenvalue weighted by Crippen LogP contribution is -2.35. The first kappa shape index (κ1) is 16.3. The first-order valence-corrected chi connectivity index (χ1v) is 8.88. The summed E-state index contributed by atoms with van der Waals surface area (Å²) in [6.45, 7) is 4.05. The lowest BCUT2D eigenvalue weighted by molar-refractivity contribution is -0.118. The van der Waals surface area contributed by atoms with Crippen molar-refractivity contribution < 1.29 is 4.79 Å². The number of rotatable bonds is 5. The number of hydrogen-bond acceptors (Lipinski definition) is 5. The van der Waals surface area contributed by atoms with E-state index in [0.717, 1.165) is 20.6 Å². The van der Waals surface area contributed by atoms with Gasteiger partial charge in [-0.05, 0) is 31.7 Å². The van der Waals surface area contributed by atoms with E-state index in [0.29, 0.717) is 6.54 Å². The van der Waals surface area contributed by atoms with Crippen LogP contribution in [0.25, 0.3) is 0 Å². The molecule has 0 fully saturated rings. The number of amides is 1. The van der Waals surface area contributed by atoms with Crippen molar-refractivity contribution in [2.45, 2.75) is 30.1 Å². The standard InChI is InChI=1S/C14H16ClN3OS2/c1-9-6-4-5-7-11(9)18(13(19)10(2)15)8-12-16-17-14(20-3)21-12/h4-7,10H,8H2,1-3H3. The number of aromatic nitrogens is 2. The molecule has 7 heteroatoms. The van der Waals surface area contributed by atoms with Gasteiger partial charge in [0.25, 0.3) is 0 Å². The van der Waals surface area contributed by atoms with Crippen LogP contribution in [0.3, 0.4) is 0 Å². The van der Waals surface area contributed by atoms with Crippen molar-refractivity contribution in [1.29, 1.82) is 0 Å². The summed E-state index contributed by atoms with van der Waals surface area (Å²) in [4.78, 5) is 14.1. The minimum Gasteiger partial charge on any atom is -0.304 e. The number of alkyl halides is 1. The molecular weight excluding hydrogens is 326 g/mol. The van der Waals surface area contributed by atoms with Crippen molar-refractivity contribution in [3.8, 4) is 0 Å². The Bertz CT molecular complexity index is 630. The van der Waals surface area contributed by atoms with E-state index in [9.17, 15) is 4.79 Å². The predicted molar refractivity (Wildman–Crippen MR) is 89.4 cm³/mol. The number of hydrogen-bond donors (Lipinski definition) is 0. The summed E-state index contributed by atoms with van der Waals surface area (Å²) in [5, 5.41) is 8.42. The van der Waals surface area contributed by atoms with E-state index < -0.39 is 5.38 Å². The largest absolute Gasteiger partial charge is 0.304 e. The number of carbonyl (C=O) groups excluding carboxylic acids is 1. The predicted octanol–water partition coefficient (Wildman–Crippen LogP) is 3.73. The van der Waals surface area contributed by atoms with Crippen LogP contribution in [0.15, 0.2) is 28.6 Å². The zero-order chi connectivity index (χ0) is 15.4. The van der Waals surface area contributed by atoms with Crippen LogP contribution in [0.1, 0.15) is 17.5 Å². The van der Waals surface area contributed by atoms with Crippen LogP contribution in [0, 0.1) is 6.92 Å². The molecule has 1 unspecified atom stereocenters.